The third-order valence-electron chi connectivity index (χ3n) is 8.69. The first kappa shape index (κ1) is 24.5. The molecule has 0 bridgehead atoms. The molecule has 206 valence electrons. The second-order valence-electron chi connectivity index (χ2n) is 10.8. The van der Waals surface area contributed by atoms with Crippen molar-refractivity contribution < 1.29 is 24.6 Å². The van der Waals surface area contributed by atoms with Gasteiger partial charge in [0.25, 0.3) is 5.91 Å². The number of aliphatic hydroxyl groups is 2. The summed E-state index contributed by atoms with van der Waals surface area (Å²) >= 11 is 0. The highest BCUT2D eigenvalue weighted by Crippen LogP contribution is 2.45. The standard InChI is InChI=1S/C27H28N8O5/c28-24-32-22-17(11-34-19(36)8-9-20(34)37)30-25(29)35-12-18(27(39,40)26(22,35)33-24)31-23(38)16-7-3-5-14-10-13-4-1-2-6-15(13)21(14)16/h1-7,17-18,22,39-40H,8-12H2,(H2,29,30)(H,31,38)(H3,28,32,33)/t17?,18?,22-,26-/m0/s1. The van der Waals surface area contributed by atoms with E-state index in [0.29, 0.717) is 12.0 Å². The minimum absolute atomic E-state index is 0.0588. The lowest BCUT2D eigenvalue weighted by atomic mass is 9.84. The number of benzene rings is 2. The number of rotatable bonds is 4. The molecule has 0 aromatic heterocycles. The first-order chi connectivity index (χ1) is 19.1. The number of imide groups is 1. The molecule has 2 saturated heterocycles. The average molecular weight is 545 g/mol. The van der Waals surface area contributed by atoms with Gasteiger partial charge in [-0.2, -0.15) is 0 Å². The molecular weight excluding hydrogens is 516 g/mol. The summed E-state index contributed by atoms with van der Waals surface area (Å²) in [7, 11) is 0. The van der Waals surface area contributed by atoms with Crippen LogP contribution in [0.1, 0.15) is 34.3 Å². The quantitative estimate of drug-likeness (QED) is 0.162. The number of nitrogens with one attached hydrogen (secondary N) is 2. The Morgan fingerprint density at radius 3 is 2.55 bits per heavy atom. The van der Waals surface area contributed by atoms with Crippen molar-refractivity contribution in [3.05, 3.63) is 59.2 Å². The zero-order chi connectivity index (χ0) is 28.0. The van der Waals surface area contributed by atoms with Gasteiger partial charge in [-0.25, -0.2) is 9.98 Å². The van der Waals surface area contributed by atoms with E-state index < -0.39 is 35.5 Å². The van der Waals surface area contributed by atoms with Crippen LogP contribution in [-0.4, -0.2) is 92.3 Å². The lowest BCUT2D eigenvalue weighted by Gasteiger charge is -2.49. The SMILES string of the molecule is NC1=N[C@H]2C(CN3C(=O)CCC3=O)N=C(N)N3CC(NC(=O)c4cccc5c4-c4ccccc4C5)C(O)(O)[C@]23N1. The second kappa shape index (κ2) is 8.26. The molecule has 0 saturated carbocycles. The van der Waals surface area contributed by atoms with Crippen molar-refractivity contribution in [2.75, 3.05) is 13.1 Å². The molecule has 5 aliphatic rings. The number of aliphatic imine (C=N–C) groups is 2. The van der Waals surface area contributed by atoms with Crippen molar-refractivity contribution in [1.82, 2.24) is 20.4 Å². The number of hydrogen-bond donors (Lipinski definition) is 6. The topological polar surface area (TPSA) is 199 Å². The lowest BCUT2D eigenvalue weighted by molar-refractivity contribution is -0.230. The van der Waals surface area contributed by atoms with E-state index in [-0.39, 0.29) is 49.7 Å². The average Bonchev–Trinajstić information content (AvgIpc) is 3.63. The monoisotopic (exact) mass is 544 g/mol. The number of carbonyl (C=O) groups excluding carboxylic acids is 3. The van der Waals surface area contributed by atoms with E-state index in [0.717, 1.165) is 27.2 Å². The Hall–Kier alpha value is -4.49. The maximum atomic E-state index is 13.7. The van der Waals surface area contributed by atoms with Crippen molar-refractivity contribution in [2.45, 2.75) is 48.8 Å². The van der Waals surface area contributed by atoms with Crippen LogP contribution >= 0.6 is 0 Å². The highest BCUT2D eigenvalue weighted by Gasteiger charge is 2.73. The van der Waals surface area contributed by atoms with Crippen LogP contribution in [0.2, 0.25) is 0 Å². The van der Waals surface area contributed by atoms with Gasteiger partial charge in [-0.15, -0.1) is 0 Å². The largest absolute Gasteiger partial charge is 0.370 e. The van der Waals surface area contributed by atoms with Crippen LogP contribution in [0.25, 0.3) is 11.1 Å². The molecule has 3 amide bonds. The molecule has 1 spiro atoms. The van der Waals surface area contributed by atoms with Gasteiger partial charge in [0.15, 0.2) is 17.6 Å². The zero-order valence-electron chi connectivity index (χ0n) is 21.4. The second-order valence-corrected chi connectivity index (χ2v) is 10.8. The molecule has 0 radical (unpaired) electrons. The van der Waals surface area contributed by atoms with E-state index in [9.17, 15) is 24.6 Å². The van der Waals surface area contributed by atoms with Gasteiger partial charge in [-0.1, -0.05) is 36.4 Å². The number of nitrogens with two attached hydrogens (primary N) is 2. The molecule has 4 heterocycles. The summed E-state index contributed by atoms with van der Waals surface area (Å²) in [5, 5.41) is 29.1. The summed E-state index contributed by atoms with van der Waals surface area (Å²) in [5.41, 5.74) is 14.9. The molecule has 13 nitrogen and oxygen atoms in total. The third-order valence-corrected chi connectivity index (χ3v) is 8.69. The summed E-state index contributed by atoms with van der Waals surface area (Å²) in [6.07, 6.45) is 0.902. The Balaban J connectivity index is 1.21. The van der Waals surface area contributed by atoms with Crippen molar-refractivity contribution in [1.29, 1.82) is 0 Å². The number of amides is 3. The van der Waals surface area contributed by atoms with Gasteiger partial charge in [0, 0.05) is 24.9 Å². The van der Waals surface area contributed by atoms with E-state index in [1.807, 2.05) is 30.3 Å². The van der Waals surface area contributed by atoms with Gasteiger partial charge in [0.1, 0.15) is 12.1 Å². The number of hydrogen-bond acceptors (Lipinski definition) is 11. The van der Waals surface area contributed by atoms with Crippen molar-refractivity contribution in [3.8, 4) is 11.1 Å². The first-order valence-electron chi connectivity index (χ1n) is 13.1. The van der Waals surface area contributed by atoms with Gasteiger partial charge >= 0.3 is 0 Å². The summed E-state index contributed by atoms with van der Waals surface area (Å²) in [6.45, 7) is -0.250. The Morgan fingerprint density at radius 2 is 1.77 bits per heavy atom. The Bertz CT molecular complexity index is 1540. The number of fused-ring (bicyclic) bond motifs is 3. The Kier molecular flexibility index (Phi) is 5.07. The van der Waals surface area contributed by atoms with E-state index in [1.165, 1.54) is 4.90 Å². The van der Waals surface area contributed by atoms with Crippen molar-refractivity contribution in [2.24, 2.45) is 21.5 Å². The van der Waals surface area contributed by atoms with E-state index in [1.54, 1.807) is 12.1 Å². The van der Waals surface area contributed by atoms with Crippen molar-refractivity contribution in [3.63, 3.8) is 0 Å². The van der Waals surface area contributed by atoms with Gasteiger partial charge in [-0.05, 0) is 34.7 Å². The van der Waals surface area contributed by atoms with Crippen LogP contribution in [0.15, 0.2) is 52.4 Å². The number of carbonyl (C=O) groups is 3. The Labute approximate surface area is 228 Å². The molecule has 2 aromatic rings. The van der Waals surface area contributed by atoms with Gasteiger partial charge in [0.2, 0.25) is 17.6 Å². The van der Waals surface area contributed by atoms with Crippen LogP contribution in [0, 0.1) is 0 Å². The van der Waals surface area contributed by atoms with Crippen LogP contribution in [-0.2, 0) is 16.0 Å². The summed E-state index contributed by atoms with van der Waals surface area (Å²) in [5.74, 6) is -3.94. The van der Waals surface area contributed by atoms with Crippen LogP contribution < -0.4 is 22.1 Å². The number of nitrogens with zero attached hydrogens (tertiary/aromatic N) is 4. The molecule has 2 aromatic carbocycles. The van der Waals surface area contributed by atoms with Crippen LogP contribution in [0.3, 0.4) is 0 Å². The molecule has 2 fully saturated rings. The molecule has 8 N–H and O–H groups in total. The maximum absolute atomic E-state index is 13.7. The molecular formula is C27H28N8O5. The highest BCUT2D eigenvalue weighted by atomic mass is 16.5. The molecule has 4 aliphatic heterocycles. The smallest absolute Gasteiger partial charge is 0.252 e. The molecule has 1 aliphatic carbocycles. The van der Waals surface area contributed by atoms with Gasteiger partial charge in [-0.3, -0.25) is 19.3 Å². The number of guanidine groups is 2. The maximum Gasteiger partial charge on any atom is 0.252 e. The molecule has 4 atom stereocenters. The minimum atomic E-state index is -2.63. The fourth-order valence-corrected chi connectivity index (χ4v) is 6.86. The molecule has 40 heavy (non-hydrogen) atoms. The molecule has 13 heteroatoms. The summed E-state index contributed by atoms with van der Waals surface area (Å²) in [6, 6.07) is 10.2. The minimum Gasteiger partial charge on any atom is -0.370 e. The molecule has 2 unspecified atom stereocenters. The van der Waals surface area contributed by atoms with E-state index in [4.69, 9.17) is 11.5 Å². The predicted octanol–water partition coefficient (Wildman–Crippen LogP) is -1.82. The third kappa shape index (κ3) is 3.18. The highest BCUT2D eigenvalue weighted by molar-refractivity contribution is 6.04. The summed E-state index contributed by atoms with van der Waals surface area (Å²) < 4.78 is 0. The van der Waals surface area contributed by atoms with Crippen LogP contribution in [0.4, 0.5) is 0 Å². The fourth-order valence-electron chi connectivity index (χ4n) is 6.86. The normalized spacial score (nSPS) is 29.3. The summed E-state index contributed by atoms with van der Waals surface area (Å²) in [4.78, 5) is 49.7. The first-order valence-corrected chi connectivity index (χ1v) is 13.1. The van der Waals surface area contributed by atoms with Gasteiger partial charge in [0.05, 0.1) is 12.6 Å². The molecule has 7 rings (SSSR count). The van der Waals surface area contributed by atoms with E-state index in [2.05, 4.69) is 20.6 Å². The van der Waals surface area contributed by atoms with E-state index >= 15 is 0 Å². The lowest BCUT2D eigenvalue weighted by Crippen LogP contribution is -2.78. The fraction of sp³-hybridized carbons (Fsp3) is 0.370. The predicted molar refractivity (Wildman–Crippen MR) is 142 cm³/mol. The Morgan fingerprint density at radius 1 is 1.05 bits per heavy atom. The number of likely N-dealkylation sites (tertiary alicyclic amines) is 1. The van der Waals surface area contributed by atoms with Gasteiger partial charge < -0.3 is 37.2 Å². The van der Waals surface area contributed by atoms with Crippen molar-refractivity contribution >= 4 is 29.6 Å². The zero-order valence-corrected chi connectivity index (χ0v) is 21.4. The van der Waals surface area contributed by atoms with Crippen LogP contribution in [0.5, 0.6) is 0 Å².